The van der Waals surface area contributed by atoms with Gasteiger partial charge in [0.15, 0.2) is 0 Å². The molecule has 1 saturated carbocycles. The number of hydrogen-bond donors (Lipinski definition) is 0. The van der Waals surface area contributed by atoms with Crippen LogP contribution in [0.1, 0.15) is 32.6 Å². The van der Waals surface area contributed by atoms with Gasteiger partial charge in [-0.1, -0.05) is 0 Å². The topological polar surface area (TPSA) is 0 Å². The molecule has 0 aromatic carbocycles. The van der Waals surface area contributed by atoms with E-state index in [0.29, 0.717) is 0 Å². The molecule has 1 rings (SSSR count). The molecular formula is C8H14Li2. The molecule has 0 saturated heterocycles. The van der Waals surface area contributed by atoms with Gasteiger partial charge in [-0.15, -0.1) is 0 Å². The van der Waals surface area contributed by atoms with Gasteiger partial charge in [-0.3, -0.25) is 0 Å². The first-order chi connectivity index (χ1) is 4.70. The van der Waals surface area contributed by atoms with E-state index in [-0.39, 0.29) is 0 Å². The normalized spacial score (nSPS) is 37.7. The van der Waals surface area contributed by atoms with E-state index < -0.39 is 0 Å². The van der Waals surface area contributed by atoms with Crippen LogP contribution in [0.25, 0.3) is 0 Å². The summed E-state index contributed by atoms with van der Waals surface area (Å²) in [6.45, 7) is 2.36. The first-order valence-corrected chi connectivity index (χ1v) is 4.70. The molecule has 0 spiro atoms. The van der Waals surface area contributed by atoms with Crippen LogP contribution in [0.15, 0.2) is 0 Å². The van der Waals surface area contributed by atoms with Crippen LogP contribution in [-0.2, 0) is 0 Å². The van der Waals surface area contributed by atoms with Crippen LogP contribution in [0, 0.1) is 5.92 Å². The van der Waals surface area contributed by atoms with E-state index in [0.717, 1.165) is 15.1 Å². The predicted molar refractivity (Wildman–Crippen MR) is 46.6 cm³/mol. The minimum atomic E-state index is 0.924. The minimum absolute atomic E-state index is 0.924. The molecule has 1 unspecified atom stereocenters. The van der Waals surface area contributed by atoms with E-state index in [1.807, 2.05) is 0 Å². The van der Waals surface area contributed by atoms with Gasteiger partial charge in [-0.05, 0) is 0 Å². The van der Waals surface area contributed by atoms with Crippen LogP contribution in [-0.4, -0.2) is 35.4 Å². The molecule has 0 radical (unpaired) electrons. The third-order valence-electron chi connectivity index (χ3n) is 3.00. The fourth-order valence-electron chi connectivity index (χ4n) is 1.95. The van der Waals surface area contributed by atoms with Crippen LogP contribution < -0.4 is 0 Å². The number of hydrogen-bond acceptors (Lipinski definition) is 0. The van der Waals surface area contributed by atoms with Crippen molar-refractivity contribution in [3.63, 3.8) is 0 Å². The molecule has 48 valence electrons. The monoisotopic (exact) mass is 124 g/mol. The van der Waals surface area contributed by atoms with Gasteiger partial charge in [0.25, 0.3) is 0 Å². The molecule has 10 heavy (non-hydrogen) atoms. The Bertz CT molecular complexity index is 93.4. The Morgan fingerprint density at radius 2 is 1.70 bits per heavy atom. The van der Waals surface area contributed by atoms with Crippen molar-refractivity contribution in [2.24, 2.45) is 5.92 Å². The van der Waals surface area contributed by atoms with Crippen LogP contribution in [0.5, 0.6) is 0 Å². The van der Waals surface area contributed by atoms with Crippen molar-refractivity contribution in [2.75, 3.05) is 0 Å². The van der Waals surface area contributed by atoms with Gasteiger partial charge in [0.2, 0.25) is 0 Å². The first-order valence-electron chi connectivity index (χ1n) is 4.70. The van der Waals surface area contributed by atoms with Crippen LogP contribution in [0.2, 0.25) is 9.18 Å². The van der Waals surface area contributed by atoms with Crippen molar-refractivity contribution in [1.82, 2.24) is 0 Å². The molecule has 0 nitrogen and oxygen atoms in total. The van der Waals surface area contributed by atoms with E-state index in [1.54, 1.807) is 0 Å². The zero-order valence-electron chi connectivity index (χ0n) is 7.56. The van der Waals surface area contributed by atoms with Gasteiger partial charge in [0.05, 0.1) is 0 Å². The predicted octanol–water partition coefficient (Wildman–Crippen LogP) is 2.11. The summed E-state index contributed by atoms with van der Waals surface area (Å²) in [7, 11) is 0. The Balaban J connectivity index is 2.26. The van der Waals surface area contributed by atoms with Crippen LogP contribution >= 0.6 is 0 Å². The molecule has 1 fully saturated rings. The average molecular weight is 124 g/mol. The molecule has 0 aliphatic heterocycles. The Kier molecular flexibility index (Phi) is 3.97. The molecule has 0 aromatic heterocycles. The van der Waals surface area contributed by atoms with Gasteiger partial charge < -0.3 is 0 Å². The summed E-state index contributed by atoms with van der Waals surface area (Å²) in [5.74, 6) is 1.04. The van der Waals surface area contributed by atoms with E-state index in [2.05, 4.69) is 42.4 Å². The van der Waals surface area contributed by atoms with Crippen molar-refractivity contribution in [3.8, 4) is 0 Å². The van der Waals surface area contributed by atoms with Gasteiger partial charge in [0.1, 0.15) is 0 Å². The average Bonchev–Trinajstić information content (AvgIpc) is 1.88. The molecule has 2 heteroatoms. The van der Waals surface area contributed by atoms with Crippen LogP contribution in [0.3, 0.4) is 0 Å². The number of rotatable bonds is 1. The van der Waals surface area contributed by atoms with Gasteiger partial charge in [-0.25, -0.2) is 0 Å². The molecule has 0 aromatic rings. The molecule has 0 N–H and O–H groups in total. The quantitative estimate of drug-likeness (QED) is 0.469. The molecule has 1 atom stereocenters. The molecule has 0 heterocycles. The summed E-state index contributed by atoms with van der Waals surface area (Å²) < 4.78 is 1.93. The Morgan fingerprint density at radius 1 is 1.20 bits per heavy atom. The fraction of sp³-hybridized carbons (Fsp3) is 1.00. The summed E-state index contributed by atoms with van der Waals surface area (Å²) in [5.41, 5.74) is 0. The van der Waals surface area contributed by atoms with Crippen molar-refractivity contribution in [1.29, 1.82) is 0 Å². The van der Waals surface area contributed by atoms with Crippen molar-refractivity contribution in [2.45, 2.75) is 41.8 Å². The van der Waals surface area contributed by atoms with Gasteiger partial charge in [0, 0.05) is 0 Å². The fourth-order valence-corrected chi connectivity index (χ4v) is 1.95. The van der Waals surface area contributed by atoms with Crippen molar-refractivity contribution in [3.05, 3.63) is 0 Å². The van der Waals surface area contributed by atoms with Crippen molar-refractivity contribution < 1.29 is 0 Å². The zero-order valence-corrected chi connectivity index (χ0v) is 7.56. The van der Waals surface area contributed by atoms with E-state index in [4.69, 9.17) is 0 Å². The molecule has 0 bridgehead atoms. The third-order valence-corrected chi connectivity index (χ3v) is 3.00. The third kappa shape index (κ3) is 2.67. The standard InChI is InChI=1S/C8H14.2Li/c1-2-8-6-4-3-5-7-8;;/h2-3,8H,4-7H2,1H3;;. The summed E-state index contributed by atoms with van der Waals surface area (Å²) >= 11 is 4.75. The van der Waals surface area contributed by atoms with Gasteiger partial charge in [-0.2, -0.15) is 0 Å². The zero-order chi connectivity index (χ0) is 7.56. The summed E-state index contributed by atoms with van der Waals surface area (Å²) in [5, 5.41) is 0. The second kappa shape index (κ2) is 4.28. The van der Waals surface area contributed by atoms with E-state index in [9.17, 15) is 0 Å². The second-order valence-corrected chi connectivity index (χ2v) is 4.26. The summed E-state index contributed by atoms with van der Waals surface area (Å²) in [6.07, 6.45) is 5.92. The van der Waals surface area contributed by atoms with Gasteiger partial charge >= 0.3 is 83.1 Å². The summed E-state index contributed by atoms with van der Waals surface area (Å²) in [4.78, 5) is 0. The van der Waals surface area contributed by atoms with Crippen molar-refractivity contribution >= 4 is 35.4 Å². The van der Waals surface area contributed by atoms with E-state index >= 15 is 0 Å². The Morgan fingerprint density at radius 3 is 2.10 bits per heavy atom. The Labute approximate surface area is 82.9 Å². The second-order valence-electron chi connectivity index (χ2n) is 4.26. The molecule has 1 aliphatic rings. The SMILES string of the molecule is [Li][CH]1CCC([CH]([Li])C)CC1. The van der Waals surface area contributed by atoms with E-state index in [1.165, 1.54) is 25.7 Å². The maximum atomic E-state index is 2.39. The van der Waals surface area contributed by atoms with Crippen LogP contribution in [0.4, 0.5) is 0 Å². The molecule has 0 amide bonds. The molecule has 1 aliphatic carbocycles. The maximum absolute atomic E-state index is 2.39. The first kappa shape index (κ1) is 9.28. The summed E-state index contributed by atoms with van der Waals surface area (Å²) in [6, 6.07) is 0. The Hall–Kier alpha value is 1.19. The molecular weight excluding hydrogens is 110 g/mol.